The fraction of sp³-hybridized carbons (Fsp3) is 0.324. The molecule has 1 fully saturated rings. The molecule has 7 heteroatoms. The number of pyridine rings is 1. The van der Waals surface area contributed by atoms with E-state index in [1.165, 1.54) is 5.56 Å². The molecule has 212 valence electrons. The van der Waals surface area contributed by atoms with Crippen molar-refractivity contribution in [1.82, 2.24) is 4.90 Å². The Labute approximate surface area is 240 Å². The van der Waals surface area contributed by atoms with Gasteiger partial charge in [-0.1, -0.05) is 42.5 Å². The second kappa shape index (κ2) is 11.6. The second-order valence-corrected chi connectivity index (χ2v) is 10.7. The number of aliphatic hydroxyl groups excluding tert-OH is 2. The van der Waals surface area contributed by atoms with E-state index < -0.39 is 0 Å². The minimum Gasteiger partial charge on any atom is -0.493 e. The first kappa shape index (κ1) is 27.4. The minimum atomic E-state index is -0.135. The van der Waals surface area contributed by atoms with Crippen LogP contribution in [0.3, 0.4) is 0 Å². The highest BCUT2D eigenvalue weighted by Crippen LogP contribution is 2.46. The number of nitrogens with zero attached hydrogens (tertiary/aromatic N) is 2. The molecule has 0 aliphatic carbocycles. The zero-order valence-corrected chi connectivity index (χ0v) is 23.9. The molecule has 0 bridgehead atoms. The largest absolute Gasteiger partial charge is 0.493 e. The number of aromatic nitrogens is 1. The lowest BCUT2D eigenvalue weighted by Gasteiger charge is -2.26. The third-order valence-electron chi connectivity index (χ3n) is 8.45. The van der Waals surface area contributed by atoms with Gasteiger partial charge < -0.3 is 24.4 Å². The van der Waals surface area contributed by atoms with Gasteiger partial charge in [0.1, 0.15) is 7.05 Å². The fourth-order valence-corrected chi connectivity index (χ4v) is 6.29. The van der Waals surface area contributed by atoms with Crippen LogP contribution in [0.2, 0.25) is 0 Å². The molecule has 7 nitrogen and oxygen atoms in total. The average Bonchev–Trinajstić information content (AvgIpc) is 3.02. The van der Waals surface area contributed by atoms with Gasteiger partial charge in [-0.05, 0) is 40.8 Å². The number of fused-ring (bicyclic) bond motifs is 5. The van der Waals surface area contributed by atoms with Crippen LogP contribution in [0.25, 0.3) is 43.6 Å². The summed E-state index contributed by atoms with van der Waals surface area (Å²) in [5, 5.41) is 25.1. The monoisotopic (exact) mass is 553 g/mol. The highest BCUT2D eigenvalue weighted by molar-refractivity contribution is 6.17. The van der Waals surface area contributed by atoms with E-state index in [-0.39, 0.29) is 13.2 Å². The predicted octanol–water partition coefficient (Wildman–Crippen LogP) is 4.51. The molecule has 2 heterocycles. The highest BCUT2D eigenvalue weighted by Gasteiger charge is 2.23. The lowest BCUT2D eigenvalue weighted by molar-refractivity contribution is -0.642. The number of ether oxygens (including phenoxy) is 3. The first-order valence-electron chi connectivity index (χ1n) is 14.1. The van der Waals surface area contributed by atoms with Crippen LogP contribution in [0.1, 0.15) is 16.7 Å². The van der Waals surface area contributed by atoms with Gasteiger partial charge in [-0.2, -0.15) is 4.57 Å². The quantitative estimate of drug-likeness (QED) is 0.218. The van der Waals surface area contributed by atoms with E-state index in [1.807, 2.05) is 25.4 Å². The first-order valence-corrected chi connectivity index (χ1v) is 14.1. The number of hydrogen-bond donors (Lipinski definition) is 2. The number of aliphatic hydroxyl groups is 2. The second-order valence-electron chi connectivity index (χ2n) is 10.7. The maximum Gasteiger partial charge on any atom is 0.220 e. The SMILES string of the molecule is COc1cc2c(ccc3c4ccc(CO)c(CO)c4c[n+](C)c23)c(-c2ccc(CCN3CCOCC3)cc2)c1OC. The summed E-state index contributed by atoms with van der Waals surface area (Å²) in [5.41, 5.74) is 5.91. The summed E-state index contributed by atoms with van der Waals surface area (Å²) in [4.78, 5) is 2.46. The number of methoxy groups -OCH3 is 2. The van der Waals surface area contributed by atoms with Crippen molar-refractivity contribution in [1.29, 1.82) is 0 Å². The summed E-state index contributed by atoms with van der Waals surface area (Å²) >= 11 is 0. The Morgan fingerprint density at radius 1 is 0.829 bits per heavy atom. The van der Waals surface area contributed by atoms with Crippen molar-refractivity contribution >= 4 is 32.4 Å². The Hall–Kier alpha value is -3.75. The maximum atomic E-state index is 10.1. The van der Waals surface area contributed by atoms with Crippen molar-refractivity contribution in [3.05, 3.63) is 77.5 Å². The minimum absolute atomic E-state index is 0.113. The van der Waals surface area contributed by atoms with E-state index in [0.29, 0.717) is 11.5 Å². The predicted molar refractivity (Wildman–Crippen MR) is 161 cm³/mol. The van der Waals surface area contributed by atoms with Crippen molar-refractivity contribution < 1.29 is 29.0 Å². The van der Waals surface area contributed by atoms with Crippen LogP contribution in [0.5, 0.6) is 11.5 Å². The van der Waals surface area contributed by atoms with Crippen molar-refractivity contribution in [2.24, 2.45) is 7.05 Å². The molecule has 6 rings (SSSR count). The zero-order chi connectivity index (χ0) is 28.5. The van der Waals surface area contributed by atoms with Crippen LogP contribution >= 0.6 is 0 Å². The van der Waals surface area contributed by atoms with Gasteiger partial charge in [0.2, 0.25) is 5.52 Å². The molecule has 1 saturated heterocycles. The van der Waals surface area contributed by atoms with Crippen LogP contribution in [0, 0.1) is 0 Å². The molecule has 0 atom stereocenters. The Balaban J connectivity index is 1.51. The van der Waals surface area contributed by atoms with Gasteiger partial charge in [-0.15, -0.1) is 0 Å². The number of hydrogen-bond acceptors (Lipinski definition) is 6. The lowest BCUT2D eigenvalue weighted by atomic mass is 9.92. The molecule has 1 aromatic heterocycles. The average molecular weight is 554 g/mol. The van der Waals surface area contributed by atoms with Gasteiger partial charge in [-0.25, -0.2) is 0 Å². The molecule has 0 spiro atoms. The number of morpholine rings is 1. The van der Waals surface area contributed by atoms with Crippen LogP contribution in [-0.2, 0) is 31.4 Å². The lowest BCUT2D eigenvalue weighted by Crippen LogP contribution is -2.37. The fourth-order valence-electron chi connectivity index (χ4n) is 6.29. The van der Waals surface area contributed by atoms with E-state index in [1.54, 1.807) is 14.2 Å². The van der Waals surface area contributed by atoms with E-state index in [4.69, 9.17) is 14.2 Å². The summed E-state index contributed by atoms with van der Waals surface area (Å²) in [6.07, 6.45) is 3.04. The molecule has 5 aromatic rings. The van der Waals surface area contributed by atoms with Crippen LogP contribution in [-0.4, -0.2) is 62.2 Å². The molecule has 2 N–H and O–H groups in total. The van der Waals surface area contributed by atoms with Gasteiger partial charge in [0.05, 0.1) is 56.8 Å². The van der Waals surface area contributed by atoms with E-state index in [9.17, 15) is 10.2 Å². The summed E-state index contributed by atoms with van der Waals surface area (Å²) in [6.45, 7) is 4.40. The topological polar surface area (TPSA) is 75.3 Å². The highest BCUT2D eigenvalue weighted by atomic mass is 16.5. The molecule has 1 aliphatic heterocycles. The molecular weight excluding hydrogens is 516 g/mol. The van der Waals surface area contributed by atoms with Gasteiger partial charge in [-0.3, -0.25) is 4.90 Å². The van der Waals surface area contributed by atoms with Crippen molar-refractivity contribution in [2.45, 2.75) is 19.6 Å². The van der Waals surface area contributed by atoms with E-state index >= 15 is 0 Å². The standard InChI is InChI=1S/C34H37N2O5/c1-35-19-29-25(9-8-24(20-37)30(29)21-38)27-11-10-26-28(33(27)35)18-31(39-2)34(40-3)32(26)23-6-4-22(5-7-23)12-13-36-14-16-41-17-15-36/h4-11,18-19,37-38H,12-17,20-21H2,1-3H3/q+1. The molecule has 0 saturated carbocycles. The number of benzene rings is 4. The summed E-state index contributed by atoms with van der Waals surface area (Å²) in [7, 11) is 5.38. The van der Waals surface area contributed by atoms with Gasteiger partial charge in [0.25, 0.3) is 0 Å². The van der Waals surface area contributed by atoms with Crippen molar-refractivity contribution in [3.8, 4) is 22.6 Å². The first-order chi connectivity index (χ1) is 20.1. The molecule has 1 aliphatic rings. The molecule has 41 heavy (non-hydrogen) atoms. The number of rotatable bonds is 8. The van der Waals surface area contributed by atoms with Crippen molar-refractivity contribution in [3.63, 3.8) is 0 Å². The summed E-state index contributed by atoms with van der Waals surface area (Å²) in [6, 6.07) is 19.1. The van der Waals surface area contributed by atoms with Crippen LogP contribution in [0.15, 0.2) is 60.8 Å². The van der Waals surface area contributed by atoms with E-state index in [0.717, 1.165) is 94.0 Å². The Morgan fingerprint density at radius 3 is 2.24 bits per heavy atom. The summed E-state index contributed by atoms with van der Waals surface area (Å²) < 4.78 is 19.4. The normalized spacial score (nSPS) is 14.3. The van der Waals surface area contributed by atoms with Crippen LogP contribution < -0.4 is 14.0 Å². The third-order valence-corrected chi connectivity index (χ3v) is 8.45. The van der Waals surface area contributed by atoms with Gasteiger partial charge in [0.15, 0.2) is 17.7 Å². The van der Waals surface area contributed by atoms with Crippen LogP contribution in [0.4, 0.5) is 0 Å². The van der Waals surface area contributed by atoms with Gasteiger partial charge in [0, 0.05) is 36.0 Å². The summed E-state index contributed by atoms with van der Waals surface area (Å²) in [5.74, 6) is 1.38. The maximum absolute atomic E-state index is 10.1. The Bertz CT molecular complexity index is 1730. The zero-order valence-electron chi connectivity index (χ0n) is 23.9. The Kier molecular flexibility index (Phi) is 7.77. The van der Waals surface area contributed by atoms with Crippen molar-refractivity contribution in [2.75, 3.05) is 47.1 Å². The molecular formula is C34H37N2O5+. The Morgan fingerprint density at radius 2 is 1.56 bits per heavy atom. The molecule has 0 radical (unpaired) electrons. The molecule has 0 unspecified atom stereocenters. The number of aryl methyl sites for hydroxylation is 1. The smallest absolute Gasteiger partial charge is 0.220 e. The molecule has 4 aromatic carbocycles. The molecule has 0 amide bonds. The van der Waals surface area contributed by atoms with E-state index in [2.05, 4.69) is 51.9 Å². The third kappa shape index (κ3) is 4.89. The van der Waals surface area contributed by atoms with Gasteiger partial charge >= 0.3 is 0 Å².